The Bertz CT molecular complexity index is 1450. The quantitative estimate of drug-likeness (QED) is 0.349. The minimum absolute atomic E-state index is 0.0243. The van der Waals surface area contributed by atoms with Crippen molar-refractivity contribution >= 4 is 41.0 Å². The number of carbonyl (C=O) groups excluding carboxylic acids is 3. The van der Waals surface area contributed by atoms with E-state index in [1.807, 2.05) is 18.2 Å². The second-order valence-electron chi connectivity index (χ2n) is 8.85. The molecule has 1 aromatic heterocycles. The lowest BCUT2D eigenvalue weighted by Crippen LogP contribution is -2.44. The maximum absolute atomic E-state index is 13.8. The molecule has 2 saturated heterocycles. The van der Waals surface area contributed by atoms with Crippen molar-refractivity contribution in [3.05, 3.63) is 94.5 Å². The number of halogens is 4. The molecule has 0 N–H and O–H groups in total. The molecular formula is C26H16ClF3N2O4. The van der Waals surface area contributed by atoms with Crippen LogP contribution in [0.2, 0.25) is 5.02 Å². The van der Waals surface area contributed by atoms with Crippen molar-refractivity contribution in [1.82, 2.24) is 4.90 Å². The normalized spacial score (nSPS) is 24.7. The Morgan fingerprint density at radius 3 is 2.44 bits per heavy atom. The highest BCUT2D eigenvalue weighted by Gasteiger charge is 2.65. The predicted octanol–water partition coefficient (Wildman–Crippen LogP) is 5.35. The number of hydrogen-bond acceptors (Lipinski definition) is 5. The summed E-state index contributed by atoms with van der Waals surface area (Å²) in [5.74, 6) is -3.99. The summed E-state index contributed by atoms with van der Waals surface area (Å²) in [5.41, 5.74) is 0.176. The molecule has 6 rings (SSSR count). The number of amides is 2. The summed E-state index contributed by atoms with van der Waals surface area (Å²) in [6, 6.07) is 11.5. The molecule has 3 aliphatic rings. The zero-order valence-corrected chi connectivity index (χ0v) is 19.0. The highest BCUT2D eigenvalue weighted by Crippen LogP contribution is 2.54. The second-order valence-corrected chi connectivity index (χ2v) is 9.26. The van der Waals surface area contributed by atoms with Crippen molar-refractivity contribution in [3.63, 3.8) is 0 Å². The van der Waals surface area contributed by atoms with Gasteiger partial charge in [0.2, 0.25) is 17.6 Å². The lowest BCUT2D eigenvalue weighted by atomic mass is 9.84. The zero-order valence-electron chi connectivity index (χ0n) is 18.3. The van der Waals surface area contributed by atoms with E-state index in [0.29, 0.717) is 6.07 Å². The van der Waals surface area contributed by atoms with Crippen LogP contribution in [0.5, 0.6) is 0 Å². The topological polar surface area (TPSA) is 70.8 Å². The Labute approximate surface area is 207 Å². The number of imide groups is 1. The molecule has 10 heteroatoms. The van der Waals surface area contributed by atoms with E-state index < -0.39 is 58.3 Å². The summed E-state index contributed by atoms with van der Waals surface area (Å²) in [5, 5.41) is -0.547. The molecule has 0 spiro atoms. The van der Waals surface area contributed by atoms with Gasteiger partial charge in [0.1, 0.15) is 6.04 Å². The van der Waals surface area contributed by atoms with Gasteiger partial charge < -0.3 is 9.32 Å². The Morgan fingerprint density at radius 1 is 0.972 bits per heavy atom. The molecule has 0 radical (unpaired) electrons. The summed E-state index contributed by atoms with van der Waals surface area (Å²) >= 11 is 5.75. The van der Waals surface area contributed by atoms with Crippen molar-refractivity contribution in [2.24, 2.45) is 11.8 Å². The smallest absolute Gasteiger partial charge is 0.417 e. The number of alkyl halides is 3. The Kier molecular flexibility index (Phi) is 4.91. The fraction of sp³-hybridized carbons (Fsp3) is 0.192. The van der Waals surface area contributed by atoms with Crippen molar-refractivity contribution in [2.75, 3.05) is 4.90 Å². The maximum Gasteiger partial charge on any atom is 0.417 e. The second kappa shape index (κ2) is 7.83. The molecule has 3 aromatic rings. The fourth-order valence-corrected chi connectivity index (χ4v) is 5.77. The van der Waals surface area contributed by atoms with Gasteiger partial charge in [0, 0.05) is 6.20 Å². The number of anilines is 1. The van der Waals surface area contributed by atoms with E-state index in [2.05, 4.69) is 0 Å². The molecule has 1 unspecified atom stereocenters. The van der Waals surface area contributed by atoms with Crippen LogP contribution in [0, 0.1) is 11.8 Å². The predicted molar refractivity (Wildman–Crippen MR) is 123 cm³/mol. The van der Waals surface area contributed by atoms with Crippen molar-refractivity contribution in [2.45, 2.75) is 18.3 Å². The van der Waals surface area contributed by atoms with Crippen LogP contribution < -0.4 is 4.90 Å². The minimum Gasteiger partial charge on any atom is -0.461 e. The number of ketones is 1. The molecule has 6 nitrogen and oxygen atoms in total. The third-order valence-corrected chi connectivity index (χ3v) is 7.34. The number of Topliss-reactive ketones (excluding diaryl/α,β-unsaturated/α-hetero) is 1. The van der Waals surface area contributed by atoms with Crippen LogP contribution in [0.1, 0.15) is 33.3 Å². The Morgan fingerprint density at radius 2 is 1.72 bits per heavy atom. The summed E-state index contributed by atoms with van der Waals surface area (Å²) in [7, 11) is 0. The van der Waals surface area contributed by atoms with Crippen molar-refractivity contribution < 1.29 is 32.0 Å². The average Bonchev–Trinajstić information content (AvgIpc) is 3.55. The van der Waals surface area contributed by atoms with Crippen LogP contribution in [0.3, 0.4) is 0 Å². The van der Waals surface area contributed by atoms with Gasteiger partial charge in [-0.2, -0.15) is 13.2 Å². The molecule has 4 atom stereocenters. The first-order valence-electron chi connectivity index (χ1n) is 11.1. The molecule has 2 amide bonds. The zero-order chi connectivity index (χ0) is 25.4. The SMILES string of the molecule is O=C(c1ccco1)[C@@H]1[C@@H]2C(=O)N(c3ccc(Cl)c(C(F)(F)F)c3)C(=O)[C@@H]2C2c3ccccc3C=CN21. The lowest BCUT2D eigenvalue weighted by molar-refractivity contribution is -0.137. The van der Waals surface area contributed by atoms with Gasteiger partial charge in [0.25, 0.3) is 0 Å². The van der Waals surface area contributed by atoms with E-state index >= 15 is 0 Å². The first-order valence-corrected chi connectivity index (χ1v) is 11.4. The molecule has 0 saturated carbocycles. The van der Waals surface area contributed by atoms with Gasteiger partial charge in [0.05, 0.1) is 40.4 Å². The molecule has 3 aliphatic heterocycles. The molecule has 2 fully saturated rings. The standard InChI is InChI=1S/C26H16ClF3N2O4/c27-17-8-7-14(12-16(17)26(28,29)30)32-24(34)19-20(25(32)35)22(23(33)18-6-3-11-36-18)31-10-9-13-4-1-2-5-15(13)21(19)31/h1-12,19-22H/t19-,20+,21?,22-/m0/s1. The third-order valence-electron chi connectivity index (χ3n) is 7.01. The molecule has 4 heterocycles. The van der Waals surface area contributed by atoms with Crippen molar-refractivity contribution in [1.29, 1.82) is 0 Å². The van der Waals surface area contributed by atoms with E-state index in [9.17, 15) is 27.6 Å². The van der Waals surface area contributed by atoms with Crippen molar-refractivity contribution in [3.8, 4) is 0 Å². The number of nitrogens with zero attached hydrogens (tertiary/aromatic N) is 2. The first kappa shape index (κ1) is 22.6. The number of benzene rings is 2. The van der Waals surface area contributed by atoms with Crippen LogP contribution in [0.4, 0.5) is 18.9 Å². The summed E-state index contributed by atoms with van der Waals surface area (Å²) < 4.78 is 45.8. The van der Waals surface area contributed by atoms with Gasteiger partial charge in [-0.05, 0) is 47.5 Å². The lowest BCUT2D eigenvalue weighted by Gasteiger charge is -2.35. The molecule has 2 aromatic carbocycles. The first-order chi connectivity index (χ1) is 17.2. The van der Waals surface area contributed by atoms with Gasteiger partial charge in [-0.3, -0.25) is 14.4 Å². The van der Waals surface area contributed by atoms with Crippen LogP contribution >= 0.6 is 11.6 Å². The van der Waals surface area contributed by atoms with Gasteiger partial charge in [-0.25, -0.2) is 4.90 Å². The average molecular weight is 513 g/mol. The van der Waals surface area contributed by atoms with Crippen LogP contribution in [-0.2, 0) is 15.8 Å². The maximum atomic E-state index is 13.8. The van der Waals surface area contributed by atoms with Crippen LogP contribution in [-0.4, -0.2) is 28.5 Å². The highest BCUT2D eigenvalue weighted by atomic mass is 35.5. The van der Waals surface area contributed by atoms with Crippen LogP contribution in [0.25, 0.3) is 6.08 Å². The Balaban J connectivity index is 1.49. The molecule has 0 bridgehead atoms. The number of carbonyl (C=O) groups is 3. The molecular weight excluding hydrogens is 497 g/mol. The molecule has 182 valence electrons. The number of furan rings is 1. The number of rotatable bonds is 3. The van der Waals surface area contributed by atoms with E-state index in [4.69, 9.17) is 16.0 Å². The van der Waals surface area contributed by atoms with Gasteiger partial charge in [-0.15, -0.1) is 0 Å². The summed E-state index contributed by atoms with van der Waals surface area (Å²) in [6.07, 6.45) is 0.0396. The van der Waals surface area contributed by atoms with E-state index in [1.165, 1.54) is 18.4 Å². The number of hydrogen-bond donors (Lipinski definition) is 0. The molecule has 36 heavy (non-hydrogen) atoms. The van der Waals surface area contributed by atoms with Crippen LogP contribution in [0.15, 0.2) is 71.5 Å². The summed E-state index contributed by atoms with van der Waals surface area (Å²) in [4.78, 5) is 43.5. The molecule has 0 aliphatic carbocycles. The van der Waals surface area contributed by atoms with E-state index in [0.717, 1.165) is 22.1 Å². The third kappa shape index (κ3) is 3.15. The van der Waals surface area contributed by atoms with Gasteiger partial charge >= 0.3 is 6.18 Å². The summed E-state index contributed by atoms with van der Waals surface area (Å²) in [6.45, 7) is 0. The van der Waals surface area contributed by atoms with Gasteiger partial charge in [0.15, 0.2) is 5.76 Å². The highest BCUT2D eigenvalue weighted by molar-refractivity contribution is 6.32. The largest absolute Gasteiger partial charge is 0.461 e. The monoisotopic (exact) mass is 512 g/mol. The van der Waals surface area contributed by atoms with Gasteiger partial charge in [-0.1, -0.05) is 35.9 Å². The van der Waals surface area contributed by atoms with E-state index in [-0.39, 0.29) is 11.4 Å². The minimum atomic E-state index is -4.78. The number of fused-ring (bicyclic) bond motifs is 5. The van der Waals surface area contributed by atoms with E-state index in [1.54, 1.807) is 29.3 Å². The fourth-order valence-electron chi connectivity index (χ4n) is 5.55. The Hall–Kier alpha value is -3.85.